The second-order valence-electron chi connectivity index (χ2n) is 8.53. The molecule has 1 atom stereocenters. The van der Waals surface area contributed by atoms with Crippen LogP contribution in [0.4, 0.5) is 26.3 Å². The minimum atomic E-state index is -4.94. The molecule has 0 aromatic heterocycles. The van der Waals surface area contributed by atoms with E-state index in [-0.39, 0.29) is 37.0 Å². The lowest BCUT2D eigenvalue weighted by Crippen LogP contribution is -2.68. The lowest BCUT2D eigenvalue weighted by atomic mass is 9.54. The molecule has 1 aliphatic rings. The summed E-state index contributed by atoms with van der Waals surface area (Å²) in [5, 5.41) is 2.51. The summed E-state index contributed by atoms with van der Waals surface area (Å²) >= 11 is 0. The van der Waals surface area contributed by atoms with Crippen molar-refractivity contribution in [3.8, 4) is 0 Å². The van der Waals surface area contributed by atoms with Crippen LogP contribution in [0, 0.1) is 0 Å². The van der Waals surface area contributed by atoms with Gasteiger partial charge in [0.1, 0.15) is 0 Å². The van der Waals surface area contributed by atoms with Gasteiger partial charge in [0.15, 0.2) is 0 Å². The average Bonchev–Trinajstić information content (AvgIpc) is 2.74. The molecule has 180 valence electrons. The van der Waals surface area contributed by atoms with Crippen molar-refractivity contribution in [2.24, 2.45) is 5.73 Å². The highest BCUT2D eigenvalue weighted by Crippen LogP contribution is 2.50. The van der Waals surface area contributed by atoms with Gasteiger partial charge in [0.05, 0.1) is 29.4 Å². The molecule has 2 aromatic rings. The Kier molecular flexibility index (Phi) is 6.56. The van der Waals surface area contributed by atoms with Crippen molar-refractivity contribution >= 4 is 5.91 Å². The van der Waals surface area contributed by atoms with Crippen molar-refractivity contribution in [2.45, 2.75) is 49.2 Å². The SMILES string of the molecule is CNC(=O)C1(N)CC(CO[C@H](C)c2cc(C(F)(F)F)cc(C(F)(F)F)c2)(c2ccccc2)C1. The van der Waals surface area contributed by atoms with E-state index in [2.05, 4.69) is 5.32 Å². The maximum Gasteiger partial charge on any atom is 0.416 e. The van der Waals surface area contributed by atoms with Gasteiger partial charge in [-0.15, -0.1) is 0 Å². The van der Waals surface area contributed by atoms with Crippen molar-refractivity contribution in [1.29, 1.82) is 0 Å². The maximum absolute atomic E-state index is 13.2. The Morgan fingerprint density at radius 3 is 2.00 bits per heavy atom. The normalized spacial score (nSPS) is 24.2. The van der Waals surface area contributed by atoms with Crippen molar-refractivity contribution < 1.29 is 35.9 Å². The third-order valence-corrected chi connectivity index (χ3v) is 6.06. The number of nitrogens with two attached hydrogens (primary N) is 1. The van der Waals surface area contributed by atoms with Crippen LogP contribution in [-0.2, 0) is 27.3 Å². The molecular weight excluding hydrogens is 450 g/mol. The van der Waals surface area contributed by atoms with Gasteiger partial charge in [0.25, 0.3) is 0 Å². The number of benzene rings is 2. The Labute approximate surface area is 187 Å². The van der Waals surface area contributed by atoms with Crippen LogP contribution in [0.1, 0.15) is 48.1 Å². The number of hydrogen-bond donors (Lipinski definition) is 2. The molecule has 2 aromatic carbocycles. The van der Waals surface area contributed by atoms with Crippen LogP contribution in [0.5, 0.6) is 0 Å². The summed E-state index contributed by atoms with van der Waals surface area (Å²) in [6.07, 6.45) is -10.5. The summed E-state index contributed by atoms with van der Waals surface area (Å²) in [5.74, 6) is -0.352. The fourth-order valence-electron chi connectivity index (χ4n) is 4.34. The van der Waals surface area contributed by atoms with Crippen molar-refractivity contribution in [3.63, 3.8) is 0 Å². The number of halogens is 6. The molecule has 0 aliphatic heterocycles. The highest BCUT2D eigenvalue weighted by molar-refractivity contribution is 5.87. The molecule has 0 heterocycles. The average molecular weight is 474 g/mol. The molecule has 1 fully saturated rings. The largest absolute Gasteiger partial charge is 0.416 e. The van der Waals surface area contributed by atoms with Crippen LogP contribution in [0.15, 0.2) is 48.5 Å². The van der Waals surface area contributed by atoms with E-state index in [4.69, 9.17) is 10.5 Å². The zero-order valence-electron chi connectivity index (χ0n) is 18.0. The molecule has 0 radical (unpaired) electrons. The molecular formula is C23H24F6N2O2. The first-order valence-electron chi connectivity index (χ1n) is 10.2. The minimum absolute atomic E-state index is 0.0360. The predicted molar refractivity (Wildman–Crippen MR) is 109 cm³/mol. The fraction of sp³-hybridized carbons (Fsp3) is 0.435. The molecule has 0 bridgehead atoms. The van der Waals surface area contributed by atoms with E-state index in [1.807, 2.05) is 12.1 Å². The number of carbonyl (C=O) groups is 1. The van der Waals surface area contributed by atoms with Crippen LogP contribution < -0.4 is 11.1 Å². The summed E-state index contributed by atoms with van der Waals surface area (Å²) < 4.78 is 85.0. The van der Waals surface area contributed by atoms with Gasteiger partial charge in [-0.3, -0.25) is 4.79 Å². The smallest absolute Gasteiger partial charge is 0.373 e. The first kappa shape index (κ1) is 25.0. The van der Waals surface area contributed by atoms with Gasteiger partial charge in [-0.2, -0.15) is 26.3 Å². The van der Waals surface area contributed by atoms with Crippen LogP contribution >= 0.6 is 0 Å². The number of carbonyl (C=O) groups excluding carboxylic acids is 1. The third kappa shape index (κ3) is 5.16. The number of alkyl halides is 6. The molecule has 3 rings (SSSR count). The molecule has 4 nitrogen and oxygen atoms in total. The summed E-state index contributed by atoms with van der Waals surface area (Å²) in [6.45, 7) is 1.35. The van der Waals surface area contributed by atoms with Crippen LogP contribution in [0.2, 0.25) is 0 Å². The topological polar surface area (TPSA) is 64.4 Å². The quantitative estimate of drug-likeness (QED) is 0.581. The predicted octanol–water partition coefficient (Wildman–Crippen LogP) is 4.98. The number of amides is 1. The van der Waals surface area contributed by atoms with Gasteiger partial charge < -0.3 is 15.8 Å². The maximum atomic E-state index is 13.2. The molecule has 0 spiro atoms. The Balaban J connectivity index is 1.87. The molecule has 0 unspecified atom stereocenters. The van der Waals surface area contributed by atoms with E-state index in [0.29, 0.717) is 12.1 Å². The van der Waals surface area contributed by atoms with Crippen molar-refractivity contribution in [1.82, 2.24) is 5.32 Å². The lowest BCUT2D eigenvalue weighted by molar-refractivity contribution is -0.143. The summed E-state index contributed by atoms with van der Waals surface area (Å²) in [4.78, 5) is 12.2. The number of likely N-dealkylation sites (N-methyl/N-ethyl adjacent to an activating group) is 1. The van der Waals surface area contributed by atoms with E-state index in [1.165, 1.54) is 14.0 Å². The molecule has 1 amide bonds. The van der Waals surface area contributed by atoms with E-state index < -0.39 is 40.5 Å². The Morgan fingerprint density at radius 2 is 1.55 bits per heavy atom. The molecule has 3 N–H and O–H groups in total. The van der Waals surface area contributed by atoms with Gasteiger partial charge in [-0.05, 0) is 49.1 Å². The van der Waals surface area contributed by atoms with Crippen LogP contribution in [-0.4, -0.2) is 25.1 Å². The van der Waals surface area contributed by atoms with Crippen LogP contribution in [0.3, 0.4) is 0 Å². The second kappa shape index (κ2) is 8.64. The highest BCUT2D eigenvalue weighted by Gasteiger charge is 2.57. The summed E-state index contributed by atoms with van der Waals surface area (Å²) in [7, 11) is 1.46. The molecule has 33 heavy (non-hydrogen) atoms. The highest BCUT2D eigenvalue weighted by atomic mass is 19.4. The van der Waals surface area contributed by atoms with E-state index in [1.54, 1.807) is 18.2 Å². The molecule has 1 aliphatic carbocycles. The molecule has 10 heteroatoms. The number of hydrogen-bond acceptors (Lipinski definition) is 3. The fourth-order valence-corrected chi connectivity index (χ4v) is 4.34. The molecule has 0 saturated heterocycles. The number of rotatable bonds is 6. The van der Waals surface area contributed by atoms with Gasteiger partial charge in [-0.1, -0.05) is 30.3 Å². The van der Waals surface area contributed by atoms with Gasteiger partial charge in [0, 0.05) is 12.5 Å². The Bertz CT molecular complexity index is 966. The van der Waals surface area contributed by atoms with Gasteiger partial charge in [-0.25, -0.2) is 0 Å². The van der Waals surface area contributed by atoms with E-state index in [0.717, 1.165) is 5.56 Å². The van der Waals surface area contributed by atoms with E-state index in [9.17, 15) is 31.1 Å². The Hall–Kier alpha value is -2.59. The van der Waals surface area contributed by atoms with Gasteiger partial charge >= 0.3 is 12.4 Å². The summed E-state index contributed by atoms with van der Waals surface area (Å²) in [6, 6.07) is 10.4. The van der Waals surface area contributed by atoms with Crippen molar-refractivity contribution in [3.05, 3.63) is 70.8 Å². The number of ether oxygens (including phenoxy) is 1. The first-order valence-corrected chi connectivity index (χ1v) is 10.2. The third-order valence-electron chi connectivity index (χ3n) is 6.06. The van der Waals surface area contributed by atoms with Crippen molar-refractivity contribution in [2.75, 3.05) is 13.7 Å². The standard InChI is InChI=1S/C23H24F6N2O2/c1-14(15-8-17(22(24,25)26)10-18(9-15)23(27,28)29)33-13-20(16-6-4-3-5-7-16)11-21(30,12-20)19(32)31-2/h3-10,14H,11-13,30H2,1-2H3,(H,31,32)/t14-,20?,21?/m1/s1. The lowest BCUT2D eigenvalue weighted by Gasteiger charge is -2.53. The van der Waals surface area contributed by atoms with Gasteiger partial charge in [0.2, 0.25) is 5.91 Å². The zero-order chi connectivity index (χ0) is 24.7. The monoisotopic (exact) mass is 474 g/mol. The molecule has 1 saturated carbocycles. The first-order chi connectivity index (χ1) is 15.2. The zero-order valence-corrected chi connectivity index (χ0v) is 18.0. The van der Waals surface area contributed by atoms with Crippen LogP contribution in [0.25, 0.3) is 0 Å². The number of nitrogens with one attached hydrogen (secondary N) is 1. The second-order valence-corrected chi connectivity index (χ2v) is 8.53. The van der Waals surface area contributed by atoms with E-state index >= 15 is 0 Å². The summed E-state index contributed by atoms with van der Waals surface area (Å²) in [5.41, 5.74) is 2.14. The Morgan fingerprint density at radius 1 is 1.03 bits per heavy atom. The minimum Gasteiger partial charge on any atom is -0.373 e.